The first-order valence-electron chi connectivity index (χ1n) is 9.18. The first kappa shape index (κ1) is 17.7. The summed E-state index contributed by atoms with van der Waals surface area (Å²) >= 11 is 0. The van der Waals surface area contributed by atoms with Gasteiger partial charge in [-0.2, -0.15) is 19.4 Å². The summed E-state index contributed by atoms with van der Waals surface area (Å²) in [7, 11) is 0. The molecule has 4 aromatic heterocycles. The molecule has 0 saturated heterocycles. The predicted molar refractivity (Wildman–Crippen MR) is 110 cm³/mol. The highest BCUT2D eigenvalue weighted by Crippen LogP contribution is 2.16. The fraction of sp³-hybridized carbons (Fsp3) is 0.100. The molecule has 5 aromatic rings. The van der Waals surface area contributed by atoms with Crippen molar-refractivity contribution >= 4 is 22.3 Å². The van der Waals surface area contributed by atoms with E-state index in [1.165, 1.54) is 6.20 Å². The summed E-state index contributed by atoms with van der Waals surface area (Å²) in [6, 6.07) is 13.5. The lowest BCUT2D eigenvalue weighted by Crippen LogP contribution is -2.15. The molecule has 0 aliphatic rings. The van der Waals surface area contributed by atoms with Crippen LogP contribution in [0, 0.1) is 0 Å². The number of H-pyrrole nitrogens is 1. The Morgan fingerprint density at radius 1 is 1.20 bits per heavy atom. The summed E-state index contributed by atoms with van der Waals surface area (Å²) in [5, 5.41) is 27.7. The van der Waals surface area contributed by atoms with Crippen LogP contribution in [0.5, 0.6) is 5.88 Å². The highest BCUT2D eigenvalue weighted by atomic mass is 16.3. The van der Waals surface area contributed by atoms with Crippen LogP contribution in [0.25, 0.3) is 16.6 Å². The maximum Gasteiger partial charge on any atom is 0.349 e. The highest BCUT2D eigenvalue weighted by molar-refractivity contribution is 5.96. The lowest BCUT2D eigenvalue weighted by atomic mass is 10.1. The molecule has 0 amide bonds. The minimum absolute atomic E-state index is 0.258. The quantitative estimate of drug-likeness (QED) is 0.443. The Bertz CT molecular complexity index is 1480. The molecule has 4 heterocycles. The van der Waals surface area contributed by atoms with E-state index >= 15 is 0 Å². The molecule has 10 nitrogen and oxygen atoms in total. The van der Waals surface area contributed by atoms with E-state index in [0.29, 0.717) is 29.3 Å². The van der Waals surface area contributed by atoms with Crippen molar-refractivity contribution in [2.45, 2.75) is 13.3 Å². The van der Waals surface area contributed by atoms with Crippen molar-refractivity contribution in [3.8, 4) is 5.88 Å². The van der Waals surface area contributed by atoms with Crippen molar-refractivity contribution in [2.24, 2.45) is 5.10 Å². The molecule has 0 spiro atoms. The average molecular weight is 400 g/mol. The third-order valence-electron chi connectivity index (χ3n) is 4.67. The van der Waals surface area contributed by atoms with E-state index in [4.69, 9.17) is 0 Å². The fourth-order valence-electron chi connectivity index (χ4n) is 3.21. The normalized spacial score (nSPS) is 12.1. The van der Waals surface area contributed by atoms with Gasteiger partial charge >= 0.3 is 5.69 Å². The van der Waals surface area contributed by atoms with Crippen LogP contribution in [-0.2, 0) is 6.42 Å². The molecule has 0 aliphatic heterocycles. The van der Waals surface area contributed by atoms with Crippen LogP contribution in [0.4, 0.5) is 0 Å². The lowest BCUT2D eigenvalue weighted by molar-refractivity contribution is 0.455. The number of aromatic nitrogens is 7. The largest absolute Gasteiger partial charge is 0.493 e. The number of aromatic amines is 1. The second-order valence-electron chi connectivity index (χ2n) is 6.79. The van der Waals surface area contributed by atoms with Gasteiger partial charge in [0.1, 0.15) is 5.69 Å². The van der Waals surface area contributed by atoms with E-state index in [9.17, 15) is 9.90 Å². The molecule has 5 rings (SSSR count). The summed E-state index contributed by atoms with van der Waals surface area (Å²) in [6.07, 6.45) is 3.51. The number of nitrogens with one attached hydrogen (secondary N) is 1. The number of nitrogens with zero attached hydrogens (tertiary/aromatic N) is 7. The van der Waals surface area contributed by atoms with E-state index in [0.717, 1.165) is 21.1 Å². The van der Waals surface area contributed by atoms with E-state index in [1.807, 2.05) is 24.3 Å². The molecule has 0 radical (unpaired) electrons. The van der Waals surface area contributed by atoms with Gasteiger partial charge < -0.3 is 5.11 Å². The second kappa shape index (κ2) is 6.92. The van der Waals surface area contributed by atoms with Gasteiger partial charge in [0.15, 0.2) is 11.5 Å². The number of rotatable bonds is 4. The molecular weight excluding hydrogens is 384 g/mol. The molecule has 30 heavy (non-hydrogen) atoms. The number of fused-ring (bicyclic) bond motifs is 2. The van der Waals surface area contributed by atoms with Gasteiger partial charge in [0.25, 0.3) is 0 Å². The molecule has 0 bridgehead atoms. The van der Waals surface area contributed by atoms with Crippen LogP contribution < -0.4 is 5.69 Å². The van der Waals surface area contributed by atoms with Crippen molar-refractivity contribution in [2.75, 3.05) is 0 Å². The summed E-state index contributed by atoms with van der Waals surface area (Å²) in [6.45, 7) is 1.73. The van der Waals surface area contributed by atoms with Crippen LogP contribution in [0.15, 0.2) is 64.8 Å². The van der Waals surface area contributed by atoms with Crippen molar-refractivity contribution in [3.05, 3.63) is 82.4 Å². The Labute approximate surface area is 169 Å². The number of hydrogen-bond acceptors (Lipinski definition) is 7. The molecule has 0 saturated carbocycles. The van der Waals surface area contributed by atoms with Gasteiger partial charge in [-0.15, -0.1) is 10.2 Å². The summed E-state index contributed by atoms with van der Waals surface area (Å²) in [5.41, 5.74) is 3.12. The summed E-state index contributed by atoms with van der Waals surface area (Å²) in [5.74, 6) is 0.422. The van der Waals surface area contributed by atoms with E-state index in [1.54, 1.807) is 29.8 Å². The molecule has 0 aliphatic carbocycles. The monoisotopic (exact) mass is 400 g/mol. The highest BCUT2D eigenvalue weighted by Gasteiger charge is 2.11. The molecule has 0 atom stereocenters. The molecule has 148 valence electrons. The van der Waals surface area contributed by atoms with Gasteiger partial charge in [-0.1, -0.05) is 12.1 Å². The zero-order chi connectivity index (χ0) is 20.7. The van der Waals surface area contributed by atoms with Gasteiger partial charge in [-0.25, -0.2) is 4.79 Å². The topological polar surface area (TPSA) is 126 Å². The maximum atomic E-state index is 11.7. The van der Waals surface area contributed by atoms with E-state index in [2.05, 4.69) is 36.4 Å². The zero-order valence-corrected chi connectivity index (χ0v) is 15.9. The van der Waals surface area contributed by atoms with E-state index < -0.39 is 5.69 Å². The summed E-state index contributed by atoms with van der Waals surface area (Å²) in [4.78, 5) is 18.3. The van der Waals surface area contributed by atoms with Crippen LogP contribution >= 0.6 is 0 Å². The van der Waals surface area contributed by atoms with Gasteiger partial charge in [0, 0.05) is 18.0 Å². The van der Waals surface area contributed by atoms with Crippen molar-refractivity contribution < 1.29 is 5.11 Å². The average Bonchev–Trinajstić information content (AvgIpc) is 3.29. The van der Waals surface area contributed by atoms with Crippen LogP contribution in [-0.4, -0.2) is 45.3 Å². The predicted octanol–water partition coefficient (Wildman–Crippen LogP) is 1.73. The van der Waals surface area contributed by atoms with Crippen LogP contribution in [0.1, 0.15) is 24.0 Å². The minimum atomic E-state index is -0.538. The zero-order valence-electron chi connectivity index (χ0n) is 15.9. The second-order valence-corrected chi connectivity index (χ2v) is 6.79. The number of imidazole rings is 1. The van der Waals surface area contributed by atoms with E-state index in [-0.39, 0.29) is 5.88 Å². The van der Waals surface area contributed by atoms with Crippen LogP contribution in [0.3, 0.4) is 0 Å². The van der Waals surface area contributed by atoms with Crippen molar-refractivity contribution in [1.82, 2.24) is 34.5 Å². The molecule has 10 heteroatoms. The minimum Gasteiger partial charge on any atom is -0.493 e. The number of pyridine rings is 1. The van der Waals surface area contributed by atoms with Crippen molar-refractivity contribution in [1.29, 1.82) is 0 Å². The Hall–Kier alpha value is -4.34. The third-order valence-corrected chi connectivity index (χ3v) is 4.67. The van der Waals surface area contributed by atoms with Crippen molar-refractivity contribution in [3.63, 3.8) is 0 Å². The van der Waals surface area contributed by atoms with Gasteiger partial charge in [0.2, 0.25) is 5.88 Å². The fourth-order valence-corrected chi connectivity index (χ4v) is 3.21. The maximum absolute atomic E-state index is 11.7. The standard InChI is InChI=1S/C20H16N8O2/c1-12(25-27-11-19(29)22-20(27)30)15-6-7-17-23-24-18(28(17)26-15)10-13-4-5-16-14(9-13)3-2-8-21-16/h2-9,11,29H,10H2,1H3,(H,22,30). The summed E-state index contributed by atoms with van der Waals surface area (Å²) < 4.78 is 2.69. The Balaban J connectivity index is 1.51. The Morgan fingerprint density at radius 3 is 2.93 bits per heavy atom. The van der Waals surface area contributed by atoms with Gasteiger partial charge in [-0.05, 0) is 42.8 Å². The Kier molecular flexibility index (Phi) is 4.09. The molecule has 2 N–H and O–H groups in total. The smallest absolute Gasteiger partial charge is 0.349 e. The molecule has 0 fully saturated rings. The number of benzene rings is 1. The third kappa shape index (κ3) is 3.20. The first-order chi connectivity index (χ1) is 14.6. The first-order valence-corrected chi connectivity index (χ1v) is 9.18. The lowest BCUT2D eigenvalue weighted by Gasteiger charge is -2.04. The Morgan fingerprint density at radius 2 is 2.10 bits per heavy atom. The SMILES string of the molecule is CC(=Nn1cc(O)[nH]c1=O)c1ccc2nnc(Cc3ccc4ncccc4c3)n2n1. The van der Waals surface area contributed by atoms with Crippen LogP contribution in [0.2, 0.25) is 0 Å². The molecular formula is C20H16N8O2. The molecule has 1 aromatic carbocycles. The number of aromatic hydroxyl groups is 1. The number of hydrogen-bond donors (Lipinski definition) is 2. The van der Waals surface area contributed by atoms with Gasteiger partial charge in [0.05, 0.1) is 17.4 Å². The molecule has 0 unspecified atom stereocenters. The van der Waals surface area contributed by atoms with Gasteiger partial charge in [-0.3, -0.25) is 9.97 Å².